The Labute approximate surface area is 108 Å². The molecule has 0 unspecified atom stereocenters. The number of amides is 1. The Morgan fingerprint density at radius 2 is 2.22 bits per heavy atom. The third-order valence-electron chi connectivity index (χ3n) is 3.24. The molecule has 1 fully saturated rings. The first-order valence-corrected chi connectivity index (χ1v) is 6.86. The Hall–Kier alpha value is -1.39. The smallest absolute Gasteiger partial charge is 0.293 e. The summed E-state index contributed by atoms with van der Waals surface area (Å²) in [7, 11) is 0. The van der Waals surface area contributed by atoms with Gasteiger partial charge in [0.1, 0.15) is 5.82 Å². The number of hydrogen-bond acceptors (Lipinski definition) is 3. The third kappa shape index (κ3) is 2.89. The van der Waals surface area contributed by atoms with E-state index in [4.69, 9.17) is 0 Å². The number of hydrogen-bond donors (Lipinski definition) is 1. The van der Waals surface area contributed by atoms with Gasteiger partial charge >= 0.3 is 0 Å². The van der Waals surface area contributed by atoms with Gasteiger partial charge in [-0.1, -0.05) is 27.2 Å². The number of nitrogens with zero attached hydrogens (tertiary/aromatic N) is 3. The number of rotatable bonds is 6. The van der Waals surface area contributed by atoms with Crippen LogP contribution in [0.25, 0.3) is 0 Å². The third-order valence-corrected chi connectivity index (χ3v) is 3.24. The van der Waals surface area contributed by atoms with Crippen LogP contribution in [-0.4, -0.2) is 38.6 Å². The fourth-order valence-electron chi connectivity index (χ4n) is 1.92. The number of carbonyl (C=O) groups excluding carboxylic acids is 1. The van der Waals surface area contributed by atoms with Crippen molar-refractivity contribution in [1.82, 2.24) is 20.1 Å². The maximum Gasteiger partial charge on any atom is 0.293 e. The SMILES string of the molecule is CCCCN(C(=O)c1n[nH]c(C(C)C)n1)C1CC1. The average Bonchev–Trinajstić information content (AvgIpc) is 3.05. The van der Waals surface area contributed by atoms with E-state index in [0.717, 1.165) is 38.1 Å². The molecular weight excluding hydrogens is 228 g/mol. The molecule has 1 N–H and O–H groups in total. The van der Waals surface area contributed by atoms with Gasteiger partial charge in [-0.05, 0) is 19.3 Å². The lowest BCUT2D eigenvalue weighted by Gasteiger charge is -2.20. The van der Waals surface area contributed by atoms with Crippen molar-refractivity contribution in [3.8, 4) is 0 Å². The minimum Gasteiger partial charge on any atom is -0.333 e. The molecule has 1 aromatic heterocycles. The van der Waals surface area contributed by atoms with E-state index in [9.17, 15) is 4.79 Å². The molecule has 1 amide bonds. The summed E-state index contributed by atoms with van der Waals surface area (Å²) in [4.78, 5) is 18.6. The van der Waals surface area contributed by atoms with Gasteiger partial charge in [0.05, 0.1) is 0 Å². The summed E-state index contributed by atoms with van der Waals surface area (Å²) >= 11 is 0. The van der Waals surface area contributed by atoms with E-state index < -0.39 is 0 Å². The van der Waals surface area contributed by atoms with Crippen LogP contribution >= 0.6 is 0 Å². The summed E-state index contributed by atoms with van der Waals surface area (Å²) in [5.41, 5.74) is 0. The molecule has 5 heteroatoms. The second-order valence-corrected chi connectivity index (χ2v) is 5.28. The highest BCUT2D eigenvalue weighted by atomic mass is 16.2. The molecular formula is C13H22N4O. The molecule has 1 saturated carbocycles. The van der Waals surface area contributed by atoms with Crippen LogP contribution in [0.4, 0.5) is 0 Å². The first-order chi connectivity index (χ1) is 8.63. The summed E-state index contributed by atoms with van der Waals surface area (Å²) in [6, 6.07) is 0.421. The lowest BCUT2D eigenvalue weighted by atomic mass is 10.2. The normalized spacial score (nSPS) is 15.1. The quantitative estimate of drug-likeness (QED) is 0.843. The van der Waals surface area contributed by atoms with Crippen LogP contribution < -0.4 is 0 Å². The Balaban J connectivity index is 2.06. The molecule has 0 bridgehead atoms. The zero-order chi connectivity index (χ0) is 13.1. The van der Waals surface area contributed by atoms with Crippen LogP contribution in [0.5, 0.6) is 0 Å². The number of aromatic nitrogens is 3. The highest BCUT2D eigenvalue weighted by Crippen LogP contribution is 2.28. The molecule has 100 valence electrons. The predicted octanol–water partition coefficient (Wildman–Crippen LogP) is 2.33. The molecule has 0 radical (unpaired) electrons. The van der Waals surface area contributed by atoms with Gasteiger partial charge in [0.25, 0.3) is 5.91 Å². The van der Waals surface area contributed by atoms with E-state index in [0.29, 0.717) is 11.9 Å². The maximum atomic E-state index is 12.3. The summed E-state index contributed by atoms with van der Waals surface area (Å²) in [5, 5.41) is 6.90. The summed E-state index contributed by atoms with van der Waals surface area (Å²) in [5.74, 6) is 1.35. The first-order valence-electron chi connectivity index (χ1n) is 6.86. The van der Waals surface area contributed by atoms with Gasteiger partial charge < -0.3 is 4.90 Å². The molecule has 0 spiro atoms. The van der Waals surface area contributed by atoms with Gasteiger partial charge in [0, 0.05) is 18.5 Å². The standard InChI is InChI=1S/C13H22N4O/c1-4-5-8-17(10-6-7-10)13(18)12-14-11(9(2)3)15-16-12/h9-10H,4-8H2,1-3H3,(H,14,15,16). The topological polar surface area (TPSA) is 61.9 Å². The zero-order valence-electron chi connectivity index (χ0n) is 11.4. The van der Waals surface area contributed by atoms with Crippen LogP contribution in [0, 0.1) is 0 Å². The fourth-order valence-corrected chi connectivity index (χ4v) is 1.92. The van der Waals surface area contributed by atoms with Gasteiger partial charge in [0.2, 0.25) is 5.82 Å². The Morgan fingerprint density at radius 3 is 2.72 bits per heavy atom. The molecule has 5 nitrogen and oxygen atoms in total. The molecule has 0 aromatic carbocycles. The van der Waals surface area contributed by atoms with Gasteiger partial charge in [-0.3, -0.25) is 9.89 Å². The van der Waals surface area contributed by atoms with E-state index in [1.54, 1.807) is 0 Å². The second kappa shape index (κ2) is 5.50. The van der Waals surface area contributed by atoms with Gasteiger partial charge in [-0.15, -0.1) is 5.10 Å². The largest absolute Gasteiger partial charge is 0.333 e. The van der Waals surface area contributed by atoms with Crippen molar-refractivity contribution in [2.45, 2.75) is 58.4 Å². The molecule has 0 atom stereocenters. The maximum absolute atomic E-state index is 12.3. The van der Waals surface area contributed by atoms with E-state index in [2.05, 4.69) is 22.1 Å². The van der Waals surface area contributed by atoms with Crippen LogP contribution in [-0.2, 0) is 0 Å². The lowest BCUT2D eigenvalue weighted by molar-refractivity contribution is 0.0728. The van der Waals surface area contributed by atoms with Crippen molar-refractivity contribution >= 4 is 5.91 Å². The van der Waals surface area contributed by atoms with Crippen molar-refractivity contribution in [2.24, 2.45) is 0 Å². The summed E-state index contributed by atoms with van der Waals surface area (Å²) in [6.45, 7) is 7.03. The summed E-state index contributed by atoms with van der Waals surface area (Å²) < 4.78 is 0. The molecule has 1 aliphatic carbocycles. The number of carbonyl (C=O) groups is 1. The lowest BCUT2D eigenvalue weighted by Crippen LogP contribution is -2.34. The van der Waals surface area contributed by atoms with E-state index in [1.165, 1.54) is 0 Å². The van der Waals surface area contributed by atoms with Gasteiger partial charge in [0.15, 0.2) is 0 Å². The van der Waals surface area contributed by atoms with Gasteiger partial charge in [-0.2, -0.15) is 0 Å². The average molecular weight is 250 g/mol. The highest BCUT2D eigenvalue weighted by Gasteiger charge is 2.34. The second-order valence-electron chi connectivity index (χ2n) is 5.28. The van der Waals surface area contributed by atoms with E-state index >= 15 is 0 Å². The van der Waals surface area contributed by atoms with Crippen LogP contribution in [0.2, 0.25) is 0 Å². The van der Waals surface area contributed by atoms with Crippen molar-refractivity contribution in [1.29, 1.82) is 0 Å². The Bertz CT molecular complexity index is 409. The zero-order valence-corrected chi connectivity index (χ0v) is 11.4. The first kappa shape index (κ1) is 13.1. The van der Waals surface area contributed by atoms with E-state index in [1.807, 2.05) is 18.7 Å². The van der Waals surface area contributed by atoms with E-state index in [-0.39, 0.29) is 11.8 Å². The number of aromatic amines is 1. The number of H-pyrrole nitrogens is 1. The Kier molecular flexibility index (Phi) is 3.99. The molecule has 1 heterocycles. The number of nitrogens with one attached hydrogen (secondary N) is 1. The van der Waals surface area contributed by atoms with Crippen molar-refractivity contribution in [3.05, 3.63) is 11.6 Å². The summed E-state index contributed by atoms with van der Waals surface area (Å²) in [6.07, 6.45) is 4.39. The predicted molar refractivity (Wildman–Crippen MR) is 69.4 cm³/mol. The molecule has 1 aromatic rings. The molecule has 18 heavy (non-hydrogen) atoms. The fraction of sp³-hybridized carbons (Fsp3) is 0.769. The van der Waals surface area contributed by atoms with Crippen LogP contribution in [0.1, 0.15) is 68.8 Å². The van der Waals surface area contributed by atoms with Crippen molar-refractivity contribution < 1.29 is 4.79 Å². The number of unbranched alkanes of at least 4 members (excludes halogenated alkanes) is 1. The molecule has 0 saturated heterocycles. The molecule has 2 rings (SSSR count). The Morgan fingerprint density at radius 1 is 1.50 bits per heavy atom. The van der Waals surface area contributed by atoms with Crippen molar-refractivity contribution in [2.75, 3.05) is 6.54 Å². The van der Waals surface area contributed by atoms with Crippen LogP contribution in [0.15, 0.2) is 0 Å². The molecule has 0 aliphatic heterocycles. The molecule has 1 aliphatic rings. The minimum atomic E-state index is -0.0194. The van der Waals surface area contributed by atoms with Gasteiger partial charge in [-0.25, -0.2) is 4.98 Å². The van der Waals surface area contributed by atoms with Crippen LogP contribution in [0.3, 0.4) is 0 Å². The van der Waals surface area contributed by atoms with Crippen molar-refractivity contribution in [3.63, 3.8) is 0 Å². The minimum absolute atomic E-state index is 0.0194. The monoisotopic (exact) mass is 250 g/mol. The highest BCUT2D eigenvalue weighted by molar-refractivity contribution is 5.90.